The van der Waals surface area contributed by atoms with Crippen LogP contribution in [0.2, 0.25) is 5.02 Å². The minimum absolute atomic E-state index is 0.161. The van der Waals surface area contributed by atoms with Gasteiger partial charge in [-0.1, -0.05) is 41.9 Å². The highest BCUT2D eigenvalue weighted by Gasteiger charge is 2.31. The van der Waals surface area contributed by atoms with Crippen molar-refractivity contribution in [2.45, 2.75) is 18.7 Å². The number of hydrogen-bond acceptors (Lipinski definition) is 2. The van der Waals surface area contributed by atoms with Crippen LogP contribution in [0.5, 0.6) is 5.75 Å². The summed E-state index contributed by atoms with van der Waals surface area (Å²) in [6, 6.07) is 10.8. The quantitative estimate of drug-likeness (QED) is 0.872. The fourth-order valence-corrected chi connectivity index (χ4v) is 2.14. The molecular weight excluding hydrogens is 333 g/mol. The summed E-state index contributed by atoms with van der Waals surface area (Å²) < 4.78 is 43.4. The first-order valence-electron chi connectivity index (χ1n) is 6.57. The fraction of sp³-hybridized carbons (Fsp3) is 0.188. The molecule has 0 fully saturated rings. The third-order valence-electron chi connectivity index (χ3n) is 3.06. The smallest absolute Gasteiger partial charge is 0.416 e. The van der Waals surface area contributed by atoms with Crippen molar-refractivity contribution >= 4 is 17.6 Å². The summed E-state index contributed by atoms with van der Waals surface area (Å²) in [4.78, 5) is 11.3. The molecule has 0 aromatic heterocycles. The van der Waals surface area contributed by atoms with E-state index >= 15 is 0 Å². The second-order valence-electron chi connectivity index (χ2n) is 4.78. The lowest BCUT2D eigenvalue weighted by molar-refractivity contribution is -0.145. The van der Waals surface area contributed by atoms with Gasteiger partial charge in [-0.25, -0.2) is 4.79 Å². The van der Waals surface area contributed by atoms with Crippen LogP contribution < -0.4 is 4.74 Å². The van der Waals surface area contributed by atoms with Gasteiger partial charge < -0.3 is 9.84 Å². The summed E-state index contributed by atoms with van der Waals surface area (Å²) in [6.45, 7) is 0. The maximum Gasteiger partial charge on any atom is 0.416 e. The monoisotopic (exact) mass is 344 g/mol. The van der Waals surface area contributed by atoms with E-state index in [9.17, 15) is 23.1 Å². The van der Waals surface area contributed by atoms with Gasteiger partial charge in [0.15, 0.2) is 6.10 Å². The number of hydrogen-bond donors (Lipinski definition) is 1. The van der Waals surface area contributed by atoms with Crippen molar-refractivity contribution in [3.63, 3.8) is 0 Å². The molecule has 1 unspecified atom stereocenters. The zero-order valence-electron chi connectivity index (χ0n) is 11.7. The number of alkyl halides is 3. The fourth-order valence-electron chi connectivity index (χ4n) is 1.96. The van der Waals surface area contributed by atoms with Gasteiger partial charge in [0.25, 0.3) is 0 Å². The minimum atomic E-state index is -4.49. The van der Waals surface area contributed by atoms with E-state index in [4.69, 9.17) is 16.3 Å². The van der Waals surface area contributed by atoms with Crippen molar-refractivity contribution in [2.75, 3.05) is 0 Å². The Labute approximate surface area is 135 Å². The molecule has 0 radical (unpaired) electrons. The van der Waals surface area contributed by atoms with Gasteiger partial charge in [0, 0.05) is 6.42 Å². The number of carboxylic acid groups (broad SMARTS) is 1. The van der Waals surface area contributed by atoms with Gasteiger partial charge in [-0.15, -0.1) is 0 Å². The zero-order chi connectivity index (χ0) is 17.0. The van der Waals surface area contributed by atoms with E-state index in [2.05, 4.69) is 0 Å². The lowest BCUT2D eigenvalue weighted by Crippen LogP contribution is -2.29. The number of para-hydroxylation sites is 1. The average Bonchev–Trinajstić information content (AvgIpc) is 2.48. The van der Waals surface area contributed by atoms with Crippen LogP contribution in [0.4, 0.5) is 13.2 Å². The predicted molar refractivity (Wildman–Crippen MR) is 78.7 cm³/mol. The Morgan fingerprint density at radius 3 is 2.48 bits per heavy atom. The first-order valence-corrected chi connectivity index (χ1v) is 6.95. The van der Waals surface area contributed by atoms with Crippen LogP contribution in [0.3, 0.4) is 0 Å². The lowest BCUT2D eigenvalue weighted by Gasteiger charge is -2.17. The number of carbonyl (C=O) groups is 1. The molecule has 3 nitrogen and oxygen atoms in total. The summed E-state index contributed by atoms with van der Waals surface area (Å²) in [5.74, 6) is -1.13. The molecule has 2 aromatic rings. The van der Waals surface area contributed by atoms with Crippen LogP contribution in [0.15, 0.2) is 48.5 Å². The van der Waals surface area contributed by atoms with Gasteiger partial charge in [-0.05, 0) is 23.8 Å². The van der Waals surface area contributed by atoms with Crippen LogP contribution in [0, 0.1) is 0 Å². The third kappa shape index (κ3) is 4.63. The summed E-state index contributed by atoms with van der Waals surface area (Å²) in [7, 11) is 0. The Kier molecular flexibility index (Phi) is 5.15. The molecule has 7 heteroatoms. The Hall–Kier alpha value is -2.21. The van der Waals surface area contributed by atoms with E-state index in [0.717, 1.165) is 12.1 Å². The van der Waals surface area contributed by atoms with Crippen molar-refractivity contribution in [3.05, 3.63) is 64.7 Å². The number of ether oxygens (including phenoxy) is 1. The molecule has 0 bridgehead atoms. The molecule has 0 heterocycles. The molecule has 0 spiro atoms. The molecule has 0 amide bonds. The van der Waals surface area contributed by atoms with E-state index in [1.165, 1.54) is 24.3 Å². The highest BCUT2D eigenvalue weighted by Crippen LogP contribution is 2.30. The van der Waals surface area contributed by atoms with Crippen molar-refractivity contribution in [1.29, 1.82) is 0 Å². The lowest BCUT2D eigenvalue weighted by atomic mass is 10.0. The van der Waals surface area contributed by atoms with Crippen molar-refractivity contribution in [3.8, 4) is 5.75 Å². The molecule has 0 aliphatic rings. The van der Waals surface area contributed by atoms with E-state index in [-0.39, 0.29) is 22.8 Å². The molecule has 0 aliphatic heterocycles. The van der Waals surface area contributed by atoms with Crippen LogP contribution in [-0.4, -0.2) is 17.2 Å². The molecule has 122 valence electrons. The summed E-state index contributed by atoms with van der Waals surface area (Å²) in [6.07, 6.45) is -6.05. The van der Waals surface area contributed by atoms with Crippen molar-refractivity contribution in [1.82, 2.24) is 0 Å². The average molecular weight is 345 g/mol. The number of rotatable bonds is 5. The zero-order valence-corrected chi connectivity index (χ0v) is 12.4. The van der Waals surface area contributed by atoms with Gasteiger partial charge in [-0.2, -0.15) is 13.2 Å². The first kappa shape index (κ1) is 17.1. The molecule has 0 saturated carbocycles. The Balaban J connectivity index is 2.21. The van der Waals surface area contributed by atoms with Crippen molar-refractivity contribution in [2.24, 2.45) is 0 Å². The van der Waals surface area contributed by atoms with Crippen LogP contribution >= 0.6 is 11.6 Å². The maximum atomic E-state index is 12.7. The minimum Gasteiger partial charge on any atom is -0.478 e. The van der Waals surface area contributed by atoms with E-state index in [1.807, 2.05) is 0 Å². The SMILES string of the molecule is O=C(O)C(Cc1cccc(C(F)(F)F)c1)Oc1ccccc1Cl. The second kappa shape index (κ2) is 6.91. The van der Waals surface area contributed by atoms with Crippen LogP contribution in [0.25, 0.3) is 0 Å². The molecule has 23 heavy (non-hydrogen) atoms. The summed E-state index contributed by atoms with van der Waals surface area (Å²) in [5, 5.41) is 9.45. The van der Waals surface area contributed by atoms with E-state index in [0.29, 0.717) is 0 Å². The highest BCUT2D eigenvalue weighted by molar-refractivity contribution is 6.32. The Morgan fingerprint density at radius 2 is 1.87 bits per heavy atom. The third-order valence-corrected chi connectivity index (χ3v) is 3.37. The molecule has 1 N–H and O–H groups in total. The van der Waals surface area contributed by atoms with Crippen LogP contribution in [0.1, 0.15) is 11.1 Å². The van der Waals surface area contributed by atoms with Crippen molar-refractivity contribution < 1.29 is 27.8 Å². The second-order valence-corrected chi connectivity index (χ2v) is 5.18. The normalized spacial score (nSPS) is 12.7. The maximum absolute atomic E-state index is 12.7. The number of aliphatic carboxylic acids is 1. The standard InChI is InChI=1S/C16H12ClF3O3/c17-12-6-1-2-7-13(12)23-14(15(21)22)9-10-4-3-5-11(8-10)16(18,19)20/h1-8,14H,9H2,(H,21,22). The molecule has 2 rings (SSSR count). The van der Waals surface area contributed by atoms with Gasteiger partial charge >= 0.3 is 12.1 Å². The predicted octanol–water partition coefficient (Wildman–Crippen LogP) is 4.43. The number of benzene rings is 2. The number of halogens is 4. The molecular formula is C16H12ClF3O3. The largest absolute Gasteiger partial charge is 0.478 e. The summed E-state index contributed by atoms with van der Waals surface area (Å²) >= 11 is 5.89. The van der Waals surface area contributed by atoms with Gasteiger partial charge in [0.05, 0.1) is 10.6 Å². The van der Waals surface area contributed by atoms with Gasteiger partial charge in [0.2, 0.25) is 0 Å². The molecule has 2 aromatic carbocycles. The van der Waals surface area contributed by atoms with Gasteiger partial charge in [-0.3, -0.25) is 0 Å². The summed E-state index contributed by atoms with van der Waals surface area (Å²) in [5.41, 5.74) is -0.629. The Bertz CT molecular complexity index is 701. The molecule has 0 aliphatic carbocycles. The topological polar surface area (TPSA) is 46.5 Å². The van der Waals surface area contributed by atoms with Gasteiger partial charge in [0.1, 0.15) is 5.75 Å². The first-order chi connectivity index (χ1) is 10.8. The molecule has 1 atom stereocenters. The Morgan fingerprint density at radius 1 is 1.17 bits per heavy atom. The van der Waals surface area contributed by atoms with E-state index in [1.54, 1.807) is 12.1 Å². The molecule has 0 saturated heterocycles. The van der Waals surface area contributed by atoms with Crippen LogP contribution in [-0.2, 0) is 17.4 Å². The highest BCUT2D eigenvalue weighted by atomic mass is 35.5. The number of carboxylic acids is 1. The van der Waals surface area contributed by atoms with E-state index < -0.39 is 23.8 Å².